The molecule has 0 bridgehead atoms. The summed E-state index contributed by atoms with van der Waals surface area (Å²) >= 11 is 0. The van der Waals surface area contributed by atoms with Gasteiger partial charge in [-0.2, -0.15) is 0 Å². The van der Waals surface area contributed by atoms with Crippen molar-refractivity contribution in [1.29, 1.82) is 0 Å². The minimum absolute atomic E-state index is 0.0775. The SMILES string of the molecule is CCC1(O)C(=O)OCc2c1cc1n(c2=O)Cc2c-1nc1ccccc1c2CCNCC(=O)OCc1ccccc1. The van der Waals surface area contributed by atoms with E-state index in [1.165, 1.54) is 0 Å². The fraction of sp³-hybridized carbons (Fsp3) is 0.290. The molecule has 9 nitrogen and oxygen atoms in total. The van der Waals surface area contributed by atoms with Crippen LogP contribution in [0.15, 0.2) is 65.5 Å². The number of nitrogens with one attached hydrogen (secondary N) is 1. The topological polar surface area (TPSA) is 120 Å². The molecule has 1 unspecified atom stereocenters. The third-order valence-corrected chi connectivity index (χ3v) is 7.78. The highest BCUT2D eigenvalue weighted by molar-refractivity contribution is 5.89. The van der Waals surface area contributed by atoms with Crippen LogP contribution < -0.4 is 10.9 Å². The molecule has 6 rings (SSSR count). The zero-order valence-electron chi connectivity index (χ0n) is 22.1. The van der Waals surface area contributed by atoms with Crippen molar-refractivity contribution in [1.82, 2.24) is 14.9 Å². The van der Waals surface area contributed by atoms with Crippen molar-refractivity contribution in [3.05, 3.63) is 98.8 Å². The van der Waals surface area contributed by atoms with Gasteiger partial charge in [-0.05, 0) is 42.6 Å². The van der Waals surface area contributed by atoms with Gasteiger partial charge in [0.2, 0.25) is 0 Å². The Labute approximate surface area is 230 Å². The van der Waals surface area contributed by atoms with Gasteiger partial charge in [-0.3, -0.25) is 9.59 Å². The summed E-state index contributed by atoms with van der Waals surface area (Å²) in [7, 11) is 0. The Kier molecular flexibility index (Phi) is 6.69. The van der Waals surface area contributed by atoms with Gasteiger partial charge < -0.3 is 24.5 Å². The second-order valence-electron chi connectivity index (χ2n) is 10.1. The number of carbonyl (C=O) groups is 2. The Balaban J connectivity index is 1.27. The maximum Gasteiger partial charge on any atom is 0.343 e. The molecule has 1 atom stereocenters. The molecule has 0 saturated heterocycles. The third-order valence-electron chi connectivity index (χ3n) is 7.78. The molecule has 0 fully saturated rings. The molecule has 2 aliphatic rings. The first-order valence-electron chi connectivity index (χ1n) is 13.4. The number of hydrogen-bond donors (Lipinski definition) is 2. The van der Waals surface area contributed by atoms with E-state index in [9.17, 15) is 19.5 Å². The summed E-state index contributed by atoms with van der Waals surface area (Å²) in [6.07, 6.45) is 0.685. The van der Waals surface area contributed by atoms with Gasteiger partial charge >= 0.3 is 11.9 Å². The minimum Gasteiger partial charge on any atom is -0.460 e. The summed E-state index contributed by atoms with van der Waals surface area (Å²) in [5.74, 6) is -1.08. The number of para-hydroxylation sites is 1. The summed E-state index contributed by atoms with van der Waals surface area (Å²) in [5, 5.41) is 15.3. The van der Waals surface area contributed by atoms with Crippen LogP contribution in [0.5, 0.6) is 0 Å². The largest absolute Gasteiger partial charge is 0.460 e. The van der Waals surface area contributed by atoms with Gasteiger partial charge in [-0.1, -0.05) is 55.5 Å². The number of pyridine rings is 2. The third kappa shape index (κ3) is 4.37. The molecule has 0 aliphatic carbocycles. The van der Waals surface area contributed by atoms with Crippen LogP contribution in [0, 0.1) is 0 Å². The van der Waals surface area contributed by atoms with E-state index in [1.54, 1.807) is 17.6 Å². The number of carbonyl (C=O) groups excluding carboxylic acids is 2. The molecule has 0 radical (unpaired) electrons. The Morgan fingerprint density at radius 1 is 1.12 bits per heavy atom. The number of nitrogens with zero attached hydrogens (tertiary/aromatic N) is 2. The van der Waals surface area contributed by atoms with E-state index in [2.05, 4.69) is 5.32 Å². The number of cyclic esters (lactones) is 1. The van der Waals surface area contributed by atoms with Crippen molar-refractivity contribution in [2.24, 2.45) is 0 Å². The molecule has 2 aromatic carbocycles. The number of ether oxygens (including phenoxy) is 2. The van der Waals surface area contributed by atoms with E-state index >= 15 is 0 Å². The van der Waals surface area contributed by atoms with Crippen LogP contribution in [0.2, 0.25) is 0 Å². The Bertz CT molecular complexity index is 1700. The van der Waals surface area contributed by atoms with Crippen LogP contribution in [0.25, 0.3) is 22.3 Å². The molecule has 9 heteroatoms. The molecule has 4 heterocycles. The molecule has 2 N–H and O–H groups in total. The lowest BCUT2D eigenvalue weighted by molar-refractivity contribution is -0.172. The van der Waals surface area contributed by atoms with E-state index in [4.69, 9.17) is 14.5 Å². The first-order chi connectivity index (χ1) is 19.4. The molecule has 204 valence electrons. The van der Waals surface area contributed by atoms with E-state index in [0.29, 0.717) is 42.0 Å². The van der Waals surface area contributed by atoms with Gasteiger partial charge in [0, 0.05) is 16.5 Å². The Morgan fingerprint density at radius 2 is 1.90 bits per heavy atom. The summed E-state index contributed by atoms with van der Waals surface area (Å²) in [6, 6.07) is 19.0. The van der Waals surface area contributed by atoms with Crippen molar-refractivity contribution in [3.63, 3.8) is 0 Å². The normalized spacial score (nSPS) is 17.2. The molecule has 0 amide bonds. The molecular formula is C31H29N3O6. The molecule has 2 aromatic heterocycles. The molecule has 0 saturated carbocycles. The predicted octanol–water partition coefficient (Wildman–Crippen LogP) is 2.96. The lowest BCUT2D eigenvalue weighted by atomic mass is 9.86. The van der Waals surface area contributed by atoms with Crippen LogP contribution in [0.1, 0.15) is 41.2 Å². The monoisotopic (exact) mass is 539 g/mol. The zero-order valence-corrected chi connectivity index (χ0v) is 22.1. The standard InChI is InChI=1S/C31H29N3O6/c1-2-31(38)24-14-26-28-22(16-34(26)29(36)23(24)18-40-30(31)37)20(21-10-6-7-11-25(21)33-28)12-13-32-15-27(35)39-17-19-8-4-3-5-9-19/h3-11,14,32,38H,2,12-13,15-18H2,1H3. The maximum absolute atomic E-state index is 13.6. The first-order valence-corrected chi connectivity index (χ1v) is 13.4. The number of fused-ring (bicyclic) bond motifs is 5. The van der Waals surface area contributed by atoms with Crippen LogP contribution in [-0.4, -0.2) is 39.7 Å². The number of esters is 2. The molecule has 4 aromatic rings. The maximum atomic E-state index is 13.6. The van der Waals surface area contributed by atoms with Crippen LogP contribution >= 0.6 is 0 Å². The van der Waals surface area contributed by atoms with Gasteiger partial charge in [0.1, 0.15) is 13.2 Å². The number of aliphatic hydroxyl groups is 1. The highest BCUT2D eigenvalue weighted by Crippen LogP contribution is 2.40. The van der Waals surface area contributed by atoms with Crippen molar-refractivity contribution < 1.29 is 24.2 Å². The van der Waals surface area contributed by atoms with Crippen molar-refractivity contribution in [2.45, 2.75) is 45.1 Å². The van der Waals surface area contributed by atoms with E-state index in [0.717, 1.165) is 27.6 Å². The van der Waals surface area contributed by atoms with Crippen molar-refractivity contribution in [2.75, 3.05) is 13.1 Å². The second-order valence-corrected chi connectivity index (χ2v) is 10.1. The zero-order chi connectivity index (χ0) is 27.9. The highest BCUT2D eigenvalue weighted by Gasteiger charge is 2.45. The quantitative estimate of drug-likeness (QED) is 0.228. The Hall–Kier alpha value is -4.34. The van der Waals surface area contributed by atoms with E-state index in [-0.39, 0.29) is 37.7 Å². The Morgan fingerprint density at radius 3 is 2.70 bits per heavy atom. The van der Waals surface area contributed by atoms with Crippen LogP contribution in [-0.2, 0) is 50.8 Å². The molecule has 0 spiro atoms. The van der Waals surface area contributed by atoms with Crippen LogP contribution in [0.3, 0.4) is 0 Å². The van der Waals surface area contributed by atoms with Gasteiger partial charge in [0.25, 0.3) is 5.56 Å². The van der Waals surface area contributed by atoms with Gasteiger partial charge in [-0.15, -0.1) is 0 Å². The molecule has 2 aliphatic heterocycles. The number of hydrogen-bond acceptors (Lipinski definition) is 8. The van der Waals surface area contributed by atoms with Crippen molar-refractivity contribution in [3.8, 4) is 11.4 Å². The first kappa shape index (κ1) is 25.9. The summed E-state index contributed by atoms with van der Waals surface area (Å²) in [6.45, 7) is 2.66. The molecular weight excluding hydrogens is 510 g/mol. The van der Waals surface area contributed by atoms with Crippen LogP contribution in [0.4, 0.5) is 0 Å². The summed E-state index contributed by atoms with van der Waals surface area (Å²) < 4.78 is 12.2. The number of rotatable bonds is 8. The average molecular weight is 540 g/mol. The second kappa shape index (κ2) is 10.3. The highest BCUT2D eigenvalue weighted by atomic mass is 16.6. The fourth-order valence-corrected chi connectivity index (χ4v) is 5.59. The van der Waals surface area contributed by atoms with Gasteiger partial charge in [0.05, 0.1) is 35.6 Å². The molecule has 40 heavy (non-hydrogen) atoms. The fourth-order valence-electron chi connectivity index (χ4n) is 5.59. The lowest BCUT2D eigenvalue weighted by Gasteiger charge is -2.31. The van der Waals surface area contributed by atoms with Crippen molar-refractivity contribution >= 4 is 22.8 Å². The smallest absolute Gasteiger partial charge is 0.343 e. The lowest BCUT2D eigenvalue weighted by Crippen LogP contribution is -2.44. The summed E-state index contributed by atoms with van der Waals surface area (Å²) in [5.41, 5.74) is 3.32. The van der Waals surface area contributed by atoms with Gasteiger partial charge in [0.15, 0.2) is 5.60 Å². The number of aromatic nitrogens is 2. The van der Waals surface area contributed by atoms with E-state index in [1.807, 2.05) is 54.6 Å². The average Bonchev–Trinajstić information content (AvgIpc) is 3.35. The minimum atomic E-state index is -1.87. The number of benzene rings is 2. The van der Waals surface area contributed by atoms with Gasteiger partial charge in [-0.25, -0.2) is 9.78 Å². The predicted molar refractivity (Wildman–Crippen MR) is 147 cm³/mol. The van der Waals surface area contributed by atoms with E-state index < -0.39 is 11.6 Å². The summed E-state index contributed by atoms with van der Waals surface area (Å²) in [4.78, 5) is 43.2.